The van der Waals surface area contributed by atoms with Crippen LogP contribution in [0.3, 0.4) is 0 Å². The SMILES string of the molecule is COc1ccc(C(=O)c2cc3cc(C)n(CCCN(C)S(C)=O)c3s2)cc1. The largest absolute Gasteiger partial charge is 0.497 e. The molecule has 1 atom stereocenters. The number of nitrogens with zero attached hydrogens (tertiary/aromatic N) is 2. The molecule has 0 fully saturated rings. The molecular formula is C20H24N2O3S2. The molecule has 1 aromatic carbocycles. The monoisotopic (exact) mass is 404 g/mol. The second kappa shape index (κ2) is 8.37. The lowest BCUT2D eigenvalue weighted by Gasteiger charge is -2.13. The Morgan fingerprint density at radius 2 is 1.96 bits per heavy atom. The van der Waals surface area contributed by atoms with Crippen LogP contribution in [-0.4, -0.2) is 45.8 Å². The van der Waals surface area contributed by atoms with E-state index in [0.29, 0.717) is 5.56 Å². The average Bonchev–Trinajstić information content (AvgIpc) is 3.19. The van der Waals surface area contributed by atoms with Crippen LogP contribution in [-0.2, 0) is 17.5 Å². The number of hydrogen-bond donors (Lipinski definition) is 0. The van der Waals surface area contributed by atoms with Crippen molar-refractivity contribution in [1.29, 1.82) is 0 Å². The molecule has 1 unspecified atom stereocenters. The zero-order valence-corrected chi connectivity index (χ0v) is 17.7. The highest BCUT2D eigenvalue weighted by molar-refractivity contribution is 7.81. The third-order valence-corrected chi connectivity index (χ3v) is 6.88. The van der Waals surface area contributed by atoms with E-state index in [1.54, 1.807) is 37.6 Å². The lowest BCUT2D eigenvalue weighted by atomic mass is 10.1. The van der Waals surface area contributed by atoms with Crippen molar-refractivity contribution in [3.8, 4) is 5.75 Å². The third kappa shape index (κ3) is 4.31. The van der Waals surface area contributed by atoms with Gasteiger partial charge in [-0.1, -0.05) is 0 Å². The fraction of sp³-hybridized carbons (Fsp3) is 0.350. The summed E-state index contributed by atoms with van der Waals surface area (Å²) in [5.41, 5.74) is 1.84. The van der Waals surface area contributed by atoms with Crippen molar-refractivity contribution in [3.05, 3.63) is 52.5 Å². The predicted molar refractivity (Wildman–Crippen MR) is 112 cm³/mol. The van der Waals surface area contributed by atoms with Gasteiger partial charge in [0.05, 0.1) is 23.0 Å². The van der Waals surface area contributed by atoms with Crippen molar-refractivity contribution < 1.29 is 13.7 Å². The minimum Gasteiger partial charge on any atom is -0.497 e. The van der Waals surface area contributed by atoms with Crippen molar-refractivity contribution in [2.24, 2.45) is 0 Å². The highest BCUT2D eigenvalue weighted by Crippen LogP contribution is 2.31. The molecule has 7 heteroatoms. The molecule has 0 aliphatic heterocycles. The number of ketones is 1. The van der Waals surface area contributed by atoms with Crippen LogP contribution >= 0.6 is 11.3 Å². The molecule has 0 N–H and O–H groups in total. The van der Waals surface area contributed by atoms with E-state index in [0.717, 1.165) is 40.4 Å². The van der Waals surface area contributed by atoms with Gasteiger partial charge in [-0.2, -0.15) is 0 Å². The van der Waals surface area contributed by atoms with Crippen molar-refractivity contribution in [1.82, 2.24) is 8.87 Å². The van der Waals surface area contributed by atoms with Crippen LogP contribution in [0.4, 0.5) is 0 Å². The zero-order chi connectivity index (χ0) is 19.6. The van der Waals surface area contributed by atoms with Crippen LogP contribution in [0.15, 0.2) is 36.4 Å². The number of thiophene rings is 1. The fourth-order valence-electron chi connectivity index (χ4n) is 3.03. The topological polar surface area (TPSA) is 51.5 Å². The molecule has 0 spiro atoms. The van der Waals surface area contributed by atoms with Crippen LogP contribution in [0.25, 0.3) is 10.2 Å². The molecule has 2 aromatic heterocycles. The predicted octanol–water partition coefficient (Wildman–Crippen LogP) is 3.87. The summed E-state index contributed by atoms with van der Waals surface area (Å²) in [5.74, 6) is 0.770. The Kier molecular flexibility index (Phi) is 6.14. The second-order valence-electron chi connectivity index (χ2n) is 6.49. The quantitative estimate of drug-likeness (QED) is 0.536. The molecule has 2 heterocycles. The van der Waals surface area contributed by atoms with Crippen molar-refractivity contribution in [2.75, 3.05) is 27.0 Å². The third-order valence-electron chi connectivity index (χ3n) is 4.65. The molecule has 0 aliphatic rings. The summed E-state index contributed by atoms with van der Waals surface area (Å²) in [5, 5.41) is 1.10. The molecule has 0 saturated heterocycles. The van der Waals surface area contributed by atoms with Gasteiger partial charge in [0.15, 0.2) is 0 Å². The van der Waals surface area contributed by atoms with Crippen LogP contribution < -0.4 is 4.74 Å². The van der Waals surface area contributed by atoms with E-state index in [1.165, 1.54) is 17.0 Å². The van der Waals surface area contributed by atoms with Gasteiger partial charge in [0.2, 0.25) is 5.78 Å². The minimum atomic E-state index is -0.944. The van der Waals surface area contributed by atoms with Gasteiger partial charge < -0.3 is 9.30 Å². The highest BCUT2D eigenvalue weighted by Gasteiger charge is 2.16. The molecule has 144 valence electrons. The van der Waals surface area contributed by atoms with E-state index in [2.05, 4.69) is 17.6 Å². The van der Waals surface area contributed by atoms with Crippen LogP contribution in [0.2, 0.25) is 0 Å². The summed E-state index contributed by atoms with van der Waals surface area (Å²) in [7, 11) is 2.53. The first-order chi connectivity index (χ1) is 12.9. The molecule has 5 nitrogen and oxygen atoms in total. The molecule has 3 aromatic rings. The maximum Gasteiger partial charge on any atom is 0.203 e. The van der Waals surface area contributed by atoms with Gasteiger partial charge in [-0.3, -0.25) is 4.79 Å². The standard InChI is InChI=1S/C20H24N2O3S2/c1-14-12-16-13-18(19(23)15-6-8-17(25-3)9-7-15)26-20(16)22(14)11-5-10-21(2)27(4)24/h6-9,12-13H,5,10-11H2,1-4H3. The fourth-order valence-corrected chi connectivity index (χ4v) is 4.60. The van der Waals surface area contributed by atoms with Crippen molar-refractivity contribution in [2.45, 2.75) is 19.9 Å². The molecule has 0 bridgehead atoms. The van der Waals surface area contributed by atoms with Crippen LogP contribution in [0.1, 0.15) is 27.3 Å². The zero-order valence-electron chi connectivity index (χ0n) is 16.0. The van der Waals surface area contributed by atoms with E-state index < -0.39 is 11.0 Å². The Balaban J connectivity index is 1.79. The molecule has 3 rings (SSSR count). The highest BCUT2D eigenvalue weighted by atomic mass is 32.2. The lowest BCUT2D eigenvalue weighted by molar-refractivity contribution is 0.104. The summed E-state index contributed by atoms with van der Waals surface area (Å²) in [6.45, 7) is 3.69. The normalized spacial score (nSPS) is 12.6. The van der Waals surface area contributed by atoms with Gasteiger partial charge in [-0.25, -0.2) is 8.51 Å². The Morgan fingerprint density at radius 3 is 2.59 bits per heavy atom. The number of carbonyl (C=O) groups is 1. The van der Waals surface area contributed by atoms with E-state index in [-0.39, 0.29) is 5.78 Å². The Morgan fingerprint density at radius 1 is 1.26 bits per heavy atom. The van der Waals surface area contributed by atoms with E-state index in [9.17, 15) is 9.00 Å². The van der Waals surface area contributed by atoms with Crippen LogP contribution in [0, 0.1) is 6.92 Å². The van der Waals surface area contributed by atoms with Gasteiger partial charge in [-0.05, 0) is 56.8 Å². The number of hydrogen-bond acceptors (Lipinski definition) is 4. The molecule has 0 aliphatic carbocycles. The number of aryl methyl sites for hydroxylation is 2. The summed E-state index contributed by atoms with van der Waals surface area (Å²) < 4.78 is 20.7. The van der Waals surface area contributed by atoms with E-state index >= 15 is 0 Å². The summed E-state index contributed by atoms with van der Waals surface area (Å²) in [4.78, 5) is 14.7. The summed E-state index contributed by atoms with van der Waals surface area (Å²) in [6, 6.07) is 11.3. The lowest BCUT2D eigenvalue weighted by Crippen LogP contribution is -2.22. The first kappa shape index (κ1) is 19.8. The number of methoxy groups -OCH3 is 1. The Labute approximate surface area is 166 Å². The number of ether oxygens (including phenoxy) is 1. The first-order valence-corrected chi connectivity index (χ1v) is 11.1. The van der Waals surface area contributed by atoms with Crippen molar-refractivity contribution >= 4 is 38.3 Å². The molecule has 0 radical (unpaired) electrons. The van der Waals surface area contributed by atoms with Gasteiger partial charge in [0, 0.05) is 36.0 Å². The Bertz CT molecular complexity index is 973. The van der Waals surface area contributed by atoms with Gasteiger partial charge >= 0.3 is 0 Å². The molecular weight excluding hydrogens is 380 g/mol. The van der Waals surface area contributed by atoms with E-state index in [1.807, 2.05) is 17.4 Å². The smallest absolute Gasteiger partial charge is 0.203 e. The molecule has 0 amide bonds. The van der Waals surface area contributed by atoms with Gasteiger partial charge in [0.25, 0.3) is 0 Å². The first-order valence-electron chi connectivity index (χ1n) is 8.74. The summed E-state index contributed by atoms with van der Waals surface area (Å²) in [6.07, 6.45) is 2.59. The number of rotatable bonds is 8. The maximum atomic E-state index is 12.8. The molecule has 27 heavy (non-hydrogen) atoms. The summed E-state index contributed by atoms with van der Waals surface area (Å²) >= 11 is 1.53. The van der Waals surface area contributed by atoms with Gasteiger partial charge in [-0.15, -0.1) is 11.3 Å². The number of benzene rings is 1. The Hall–Kier alpha value is -1.96. The second-order valence-corrected chi connectivity index (χ2v) is 9.00. The maximum absolute atomic E-state index is 12.8. The van der Waals surface area contributed by atoms with E-state index in [4.69, 9.17) is 4.74 Å². The van der Waals surface area contributed by atoms with Crippen LogP contribution in [0.5, 0.6) is 5.75 Å². The number of aromatic nitrogens is 1. The number of carbonyl (C=O) groups excluding carboxylic acids is 1. The minimum absolute atomic E-state index is 0.0316. The average molecular weight is 405 g/mol. The number of fused-ring (bicyclic) bond motifs is 1. The van der Waals surface area contributed by atoms with Gasteiger partial charge in [0.1, 0.15) is 10.6 Å². The van der Waals surface area contributed by atoms with Crippen molar-refractivity contribution in [3.63, 3.8) is 0 Å². The molecule has 0 saturated carbocycles.